The van der Waals surface area contributed by atoms with Crippen LogP contribution in [0.5, 0.6) is 0 Å². The summed E-state index contributed by atoms with van der Waals surface area (Å²) in [6.45, 7) is 17.2. The van der Waals surface area contributed by atoms with Gasteiger partial charge in [0.1, 0.15) is 0 Å². The summed E-state index contributed by atoms with van der Waals surface area (Å²) in [5.74, 6) is 0. The molecule has 0 aromatic carbocycles. The summed E-state index contributed by atoms with van der Waals surface area (Å²) in [7, 11) is 0. The molecule has 0 spiro atoms. The Morgan fingerprint density at radius 1 is 0.850 bits per heavy atom. The molecule has 1 aromatic heterocycles. The maximum atomic E-state index is 5.32. The van der Waals surface area contributed by atoms with Gasteiger partial charge in [0, 0.05) is 36.3 Å². The van der Waals surface area contributed by atoms with Gasteiger partial charge in [-0.1, -0.05) is 80.1 Å². The number of unbranched alkanes of at least 4 members (excludes halogenated alkanes) is 3. The van der Waals surface area contributed by atoms with Crippen LogP contribution in [0, 0.1) is 20.8 Å². The van der Waals surface area contributed by atoms with Gasteiger partial charge in [0.2, 0.25) is 5.28 Å². The number of hydrogen-bond acceptors (Lipinski definition) is 2. The van der Waals surface area contributed by atoms with E-state index in [2.05, 4.69) is 51.5 Å². The van der Waals surface area contributed by atoms with Crippen molar-refractivity contribution in [3.05, 3.63) is 44.5 Å². The smallest absolute Gasteiger partial charge is 0.222 e. The van der Waals surface area contributed by atoms with Gasteiger partial charge in [-0.3, -0.25) is 0 Å². The van der Waals surface area contributed by atoms with Gasteiger partial charge in [-0.2, -0.15) is 0 Å². The molecule has 0 aliphatic carbocycles. The summed E-state index contributed by atoms with van der Waals surface area (Å²) in [5.41, 5.74) is 0. The molecule has 0 saturated heterocycles. The molecule has 1 aromatic rings. The molecule has 1 rings (SSSR count). The SMILES string of the molecule is Clc1ncccn1.[CH2]CCC.[CH2]CCC.[CH2]CCC.[Sn]. The molecule has 2 nitrogen and oxygen atoms in total. The third kappa shape index (κ3) is 42.9. The van der Waals surface area contributed by atoms with E-state index in [0.29, 0.717) is 5.28 Å². The molecular formula is C16H30ClN2Sn. The first-order chi connectivity index (χ1) is 9.14. The van der Waals surface area contributed by atoms with Crippen LogP contribution in [0.3, 0.4) is 0 Å². The van der Waals surface area contributed by atoms with Crippen molar-refractivity contribution in [3.63, 3.8) is 0 Å². The van der Waals surface area contributed by atoms with Crippen LogP contribution in [0.4, 0.5) is 0 Å². The van der Waals surface area contributed by atoms with Crippen LogP contribution in [0.2, 0.25) is 5.28 Å². The molecule has 0 N–H and O–H groups in total. The largest absolute Gasteiger partial charge is 0.227 e. The number of nitrogens with zero attached hydrogens (tertiary/aromatic N) is 2. The number of aromatic nitrogens is 2. The Hall–Kier alpha value is 0.169. The molecular weight excluding hydrogens is 374 g/mol. The normalized spacial score (nSPS) is 7.55. The van der Waals surface area contributed by atoms with Gasteiger partial charge in [-0.15, -0.1) is 0 Å². The van der Waals surface area contributed by atoms with Crippen molar-refractivity contribution in [3.8, 4) is 0 Å². The van der Waals surface area contributed by atoms with Crippen LogP contribution in [-0.2, 0) is 0 Å². The van der Waals surface area contributed by atoms with Crippen molar-refractivity contribution < 1.29 is 0 Å². The predicted molar refractivity (Wildman–Crippen MR) is 93.6 cm³/mol. The number of hydrogen-bond donors (Lipinski definition) is 0. The first kappa shape index (κ1) is 28.3. The van der Waals surface area contributed by atoms with Gasteiger partial charge in [0.25, 0.3) is 0 Å². The molecule has 1 heterocycles. The molecule has 0 aliphatic rings. The zero-order chi connectivity index (χ0) is 15.4. The van der Waals surface area contributed by atoms with E-state index in [9.17, 15) is 0 Å². The zero-order valence-corrected chi connectivity index (χ0v) is 17.0. The summed E-state index contributed by atoms with van der Waals surface area (Å²) in [4.78, 5) is 7.27. The van der Waals surface area contributed by atoms with Crippen LogP contribution in [0.25, 0.3) is 0 Å². The molecule has 0 bridgehead atoms. The third-order valence-corrected chi connectivity index (χ3v) is 1.79. The van der Waals surface area contributed by atoms with Crippen LogP contribution in [0.1, 0.15) is 59.3 Å². The second kappa shape index (κ2) is 31.5. The quantitative estimate of drug-likeness (QED) is 0.483. The van der Waals surface area contributed by atoms with E-state index in [1.807, 2.05) is 0 Å². The van der Waals surface area contributed by atoms with Crippen molar-refractivity contribution >= 4 is 35.5 Å². The van der Waals surface area contributed by atoms with Crippen molar-refractivity contribution in [2.45, 2.75) is 59.3 Å². The molecule has 0 aliphatic heterocycles. The Bertz CT molecular complexity index is 205. The Labute approximate surface area is 149 Å². The second-order valence-corrected chi connectivity index (χ2v) is 3.92. The van der Waals surface area contributed by atoms with Gasteiger partial charge >= 0.3 is 0 Å². The summed E-state index contributed by atoms with van der Waals surface area (Å²) in [6.07, 6.45) is 10.0. The van der Waals surface area contributed by atoms with Gasteiger partial charge in [0.05, 0.1) is 0 Å². The molecule has 0 saturated carbocycles. The molecule has 115 valence electrons. The van der Waals surface area contributed by atoms with Crippen molar-refractivity contribution in [2.75, 3.05) is 0 Å². The fourth-order valence-corrected chi connectivity index (χ4v) is 0.394. The Morgan fingerprint density at radius 3 is 1.20 bits per heavy atom. The van der Waals surface area contributed by atoms with Crippen LogP contribution >= 0.6 is 11.6 Å². The van der Waals surface area contributed by atoms with Crippen LogP contribution in [0.15, 0.2) is 18.5 Å². The van der Waals surface area contributed by atoms with E-state index < -0.39 is 0 Å². The fraction of sp³-hybridized carbons (Fsp3) is 0.562. The summed E-state index contributed by atoms with van der Waals surface area (Å²) >= 11 is 5.32. The average molecular weight is 405 g/mol. The van der Waals surface area contributed by atoms with Crippen LogP contribution < -0.4 is 0 Å². The van der Waals surface area contributed by atoms with E-state index >= 15 is 0 Å². The first-order valence-corrected chi connectivity index (χ1v) is 7.32. The van der Waals surface area contributed by atoms with Crippen molar-refractivity contribution in [1.29, 1.82) is 0 Å². The monoisotopic (exact) mass is 405 g/mol. The summed E-state index contributed by atoms with van der Waals surface area (Å²) in [6, 6.07) is 1.71. The standard InChI is InChI=1S/C4H3ClN2.3C4H9.Sn/c5-4-6-2-1-3-7-4;3*1-3-4-2;/h1-3H;3*1,3-4H2,2H3;. The van der Waals surface area contributed by atoms with Gasteiger partial charge in [0.15, 0.2) is 0 Å². The molecule has 4 heteroatoms. The Kier molecular flexibility index (Phi) is 44.7. The minimum Gasteiger partial charge on any atom is -0.227 e. The van der Waals surface area contributed by atoms with E-state index in [1.165, 1.54) is 19.3 Å². The van der Waals surface area contributed by atoms with Gasteiger partial charge in [-0.05, 0) is 17.7 Å². The predicted octanol–water partition coefficient (Wildman–Crippen LogP) is 5.61. The molecule has 0 amide bonds. The molecule has 7 radical (unpaired) electrons. The third-order valence-electron chi connectivity index (χ3n) is 1.59. The molecule has 20 heavy (non-hydrogen) atoms. The molecule has 0 atom stereocenters. The zero-order valence-electron chi connectivity index (χ0n) is 13.4. The van der Waals surface area contributed by atoms with Gasteiger partial charge < -0.3 is 0 Å². The number of halogens is 1. The summed E-state index contributed by atoms with van der Waals surface area (Å²) in [5, 5.41) is 0.294. The Balaban J connectivity index is -0.0000000881. The second-order valence-electron chi connectivity index (χ2n) is 3.58. The minimum absolute atomic E-state index is 0. The summed E-state index contributed by atoms with van der Waals surface area (Å²) < 4.78 is 0. The molecule has 0 fully saturated rings. The average Bonchev–Trinajstić information content (AvgIpc) is 2.48. The maximum Gasteiger partial charge on any atom is 0.222 e. The van der Waals surface area contributed by atoms with Crippen LogP contribution in [-0.4, -0.2) is 33.9 Å². The Morgan fingerprint density at radius 2 is 1.10 bits per heavy atom. The fourth-order valence-electron chi connectivity index (χ4n) is 0.281. The van der Waals surface area contributed by atoms with Gasteiger partial charge in [-0.25, -0.2) is 9.97 Å². The van der Waals surface area contributed by atoms with E-state index in [4.69, 9.17) is 11.6 Å². The minimum atomic E-state index is 0. The number of rotatable bonds is 3. The van der Waals surface area contributed by atoms with Crippen molar-refractivity contribution in [1.82, 2.24) is 9.97 Å². The first-order valence-electron chi connectivity index (χ1n) is 6.94. The van der Waals surface area contributed by atoms with E-state index in [1.54, 1.807) is 18.5 Å². The van der Waals surface area contributed by atoms with E-state index in [0.717, 1.165) is 19.3 Å². The van der Waals surface area contributed by atoms with Crippen molar-refractivity contribution in [2.24, 2.45) is 0 Å². The molecule has 0 unspecified atom stereocenters. The van der Waals surface area contributed by atoms with E-state index in [-0.39, 0.29) is 23.9 Å². The topological polar surface area (TPSA) is 25.8 Å². The maximum absolute atomic E-state index is 5.32.